The molecule has 50 heavy (non-hydrogen) atoms. The van der Waals surface area contributed by atoms with Crippen LogP contribution in [0.5, 0.6) is 0 Å². The van der Waals surface area contributed by atoms with Gasteiger partial charge in [-0.25, -0.2) is 0 Å². The van der Waals surface area contributed by atoms with Crippen molar-refractivity contribution in [1.82, 2.24) is 0 Å². The summed E-state index contributed by atoms with van der Waals surface area (Å²) < 4.78 is 0. The van der Waals surface area contributed by atoms with Crippen molar-refractivity contribution in [3.63, 3.8) is 0 Å². The number of nitrogens with zero attached hydrogens (tertiary/aromatic N) is 1. The van der Waals surface area contributed by atoms with Gasteiger partial charge in [0, 0.05) is 22.2 Å². The molecule has 0 atom stereocenters. The van der Waals surface area contributed by atoms with Crippen LogP contribution >= 0.6 is 0 Å². The maximum atomic E-state index is 2.53. The van der Waals surface area contributed by atoms with E-state index in [9.17, 15) is 0 Å². The highest BCUT2D eigenvalue weighted by molar-refractivity contribution is 6.07. The van der Waals surface area contributed by atoms with Crippen LogP contribution in [-0.2, 0) is 5.41 Å². The molecule has 8 aromatic carbocycles. The second-order valence-electron chi connectivity index (χ2n) is 13.8. The Balaban J connectivity index is 1.42. The van der Waals surface area contributed by atoms with Gasteiger partial charge in [-0.1, -0.05) is 172 Å². The van der Waals surface area contributed by atoms with E-state index in [2.05, 4.69) is 207 Å². The zero-order valence-electron chi connectivity index (χ0n) is 28.3. The molecule has 0 radical (unpaired) electrons. The Morgan fingerprint density at radius 2 is 0.920 bits per heavy atom. The topological polar surface area (TPSA) is 3.24 Å². The molecule has 0 aromatic heterocycles. The average molecular weight is 640 g/mol. The van der Waals surface area contributed by atoms with Gasteiger partial charge < -0.3 is 4.90 Å². The molecule has 1 aliphatic rings. The summed E-state index contributed by atoms with van der Waals surface area (Å²) in [4.78, 5) is 2.53. The maximum Gasteiger partial charge on any atom is 0.0549 e. The first-order chi connectivity index (χ1) is 24.6. The number of rotatable bonds is 6. The van der Waals surface area contributed by atoms with Gasteiger partial charge in [0.25, 0.3) is 0 Å². The standard InChI is InChI=1S/C49H37N/c1-49(2)44-28-16-14-27-43(44)47-46(33-37-24-12-13-26-42(37)48(47)49)50(45-29-17-15-25-41(45)36-22-10-5-11-23-36)40-31-38(34-18-6-3-7-19-34)30-39(32-40)35-20-8-4-9-21-35/h3-33H,1-2H3. The molecule has 0 aliphatic heterocycles. The van der Waals surface area contributed by atoms with Crippen molar-refractivity contribution in [2.24, 2.45) is 0 Å². The Kier molecular flexibility index (Phi) is 7.21. The third kappa shape index (κ3) is 4.94. The molecule has 0 bridgehead atoms. The highest BCUT2D eigenvalue weighted by Crippen LogP contribution is 2.57. The molecule has 1 heteroatoms. The van der Waals surface area contributed by atoms with Gasteiger partial charge in [0.1, 0.15) is 0 Å². The van der Waals surface area contributed by atoms with E-state index in [1.54, 1.807) is 0 Å². The molecule has 238 valence electrons. The Morgan fingerprint density at radius 1 is 0.400 bits per heavy atom. The van der Waals surface area contributed by atoms with E-state index in [0.717, 1.165) is 11.4 Å². The summed E-state index contributed by atoms with van der Waals surface area (Å²) in [5, 5.41) is 2.55. The van der Waals surface area contributed by atoms with Crippen LogP contribution in [0.2, 0.25) is 0 Å². The molecule has 0 saturated heterocycles. The summed E-state index contributed by atoms with van der Waals surface area (Å²) in [5.41, 5.74) is 15.8. The minimum absolute atomic E-state index is 0.173. The molecule has 1 aliphatic carbocycles. The monoisotopic (exact) mass is 639 g/mol. The average Bonchev–Trinajstić information content (AvgIpc) is 3.43. The minimum atomic E-state index is -0.173. The second kappa shape index (κ2) is 12.1. The van der Waals surface area contributed by atoms with E-state index in [0.29, 0.717) is 0 Å². The Labute approximate surface area is 294 Å². The zero-order chi connectivity index (χ0) is 33.7. The van der Waals surface area contributed by atoms with Crippen LogP contribution in [0, 0.1) is 0 Å². The number of para-hydroxylation sites is 1. The number of hydrogen-bond donors (Lipinski definition) is 0. The normalized spacial score (nSPS) is 12.8. The van der Waals surface area contributed by atoms with Crippen molar-refractivity contribution in [3.8, 4) is 44.5 Å². The van der Waals surface area contributed by atoms with Crippen molar-refractivity contribution in [3.05, 3.63) is 199 Å². The van der Waals surface area contributed by atoms with Crippen molar-refractivity contribution in [1.29, 1.82) is 0 Å². The number of fused-ring (bicyclic) bond motifs is 5. The van der Waals surface area contributed by atoms with Crippen LogP contribution in [0.3, 0.4) is 0 Å². The van der Waals surface area contributed by atoms with Crippen molar-refractivity contribution >= 4 is 27.8 Å². The molecule has 0 unspecified atom stereocenters. The lowest BCUT2D eigenvalue weighted by Gasteiger charge is -2.32. The van der Waals surface area contributed by atoms with E-state index < -0.39 is 0 Å². The SMILES string of the molecule is CC1(C)c2ccccc2-c2c(N(c3cc(-c4ccccc4)cc(-c4ccccc4)c3)c3ccccc3-c3ccccc3)cc3ccccc3c21. The van der Waals surface area contributed by atoms with Gasteiger partial charge in [0.2, 0.25) is 0 Å². The first kappa shape index (κ1) is 29.9. The fourth-order valence-corrected chi connectivity index (χ4v) is 8.08. The highest BCUT2D eigenvalue weighted by atomic mass is 15.1. The zero-order valence-corrected chi connectivity index (χ0v) is 28.3. The van der Waals surface area contributed by atoms with Crippen molar-refractivity contribution in [2.45, 2.75) is 19.3 Å². The Hall–Kier alpha value is -6.18. The number of hydrogen-bond acceptors (Lipinski definition) is 1. The third-order valence-electron chi connectivity index (χ3n) is 10.4. The molecular formula is C49H37N. The summed E-state index contributed by atoms with van der Waals surface area (Å²) in [6.45, 7) is 4.78. The summed E-state index contributed by atoms with van der Waals surface area (Å²) >= 11 is 0. The molecule has 8 aromatic rings. The van der Waals surface area contributed by atoms with Crippen LogP contribution in [0.15, 0.2) is 188 Å². The van der Waals surface area contributed by atoms with E-state index >= 15 is 0 Å². The summed E-state index contributed by atoms with van der Waals surface area (Å²) in [7, 11) is 0. The van der Waals surface area contributed by atoms with Crippen LogP contribution < -0.4 is 4.90 Å². The lowest BCUT2D eigenvalue weighted by Crippen LogP contribution is -2.17. The lowest BCUT2D eigenvalue weighted by molar-refractivity contribution is 0.666. The predicted octanol–water partition coefficient (Wildman–Crippen LogP) is 13.6. The third-order valence-corrected chi connectivity index (χ3v) is 10.4. The van der Waals surface area contributed by atoms with E-state index in [4.69, 9.17) is 0 Å². The van der Waals surface area contributed by atoms with Crippen molar-refractivity contribution in [2.75, 3.05) is 4.90 Å². The van der Waals surface area contributed by atoms with Gasteiger partial charge in [-0.2, -0.15) is 0 Å². The fourth-order valence-electron chi connectivity index (χ4n) is 8.08. The van der Waals surface area contributed by atoms with Gasteiger partial charge in [-0.3, -0.25) is 0 Å². The Morgan fingerprint density at radius 3 is 1.58 bits per heavy atom. The molecule has 0 saturated carbocycles. The second-order valence-corrected chi connectivity index (χ2v) is 13.8. The maximum absolute atomic E-state index is 2.53. The highest BCUT2D eigenvalue weighted by Gasteiger charge is 2.39. The molecule has 0 amide bonds. The summed E-state index contributed by atoms with van der Waals surface area (Å²) in [6.07, 6.45) is 0. The first-order valence-electron chi connectivity index (χ1n) is 17.4. The fraction of sp³-hybridized carbons (Fsp3) is 0.0612. The van der Waals surface area contributed by atoms with Crippen LogP contribution in [0.25, 0.3) is 55.3 Å². The summed E-state index contributed by atoms with van der Waals surface area (Å²) in [6, 6.07) is 68.6. The quantitative estimate of drug-likeness (QED) is 0.175. The first-order valence-corrected chi connectivity index (χ1v) is 17.4. The van der Waals surface area contributed by atoms with E-state index in [1.807, 2.05) is 0 Å². The number of anilines is 3. The Bertz CT molecular complexity index is 2440. The van der Waals surface area contributed by atoms with Gasteiger partial charge in [-0.15, -0.1) is 0 Å². The molecule has 0 fully saturated rings. The smallest absolute Gasteiger partial charge is 0.0549 e. The van der Waals surface area contributed by atoms with Crippen LogP contribution in [0.1, 0.15) is 25.0 Å². The van der Waals surface area contributed by atoms with Crippen LogP contribution in [0.4, 0.5) is 17.1 Å². The molecule has 0 heterocycles. The molecule has 0 spiro atoms. The van der Waals surface area contributed by atoms with Gasteiger partial charge in [0.15, 0.2) is 0 Å². The van der Waals surface area contributed by atoms with Gasteiger partial charge in [-0.05, 0) is 85.6 Å². The van der Waals surface area contributed by atoms with E-state index in [-0.39, 0.29) is 5.41 Å². The number of benzene rings is 8. The van der Waals surface area contributed by atoms with Crippen LogP contribution in [-0.4, -0.2) is 0 Å². The lowest BCUT2D eigenvalue weighted by atomic mass is 9.80. The largest absolute Gasteiger partial charge is 0.309 e. The van der Waals surface area contributed by atoms with Crippen molar-refractivity contribution < 1.29 is 0 Å². The molecular weight excluding hydrogens is 603 g/mol. The predicted molar refractivity (Wildman–Crippen MR) is 213 cm³/mol. The van der Waals surface area contributed by atoms with Gasteiger partial charge in [0.05, 0.1) is 11.4 Å². The summed E-state index contributed by atoms with van der Waals surface area (Å²) in [5.74, 6) is 0. The molecule has 9 rings (SSSR count). The minimum Gasteiger partial charge on any atom is -0.309 e. The molecule has 0 N–H and O–H groups in total. The van der Waals surface area contributed by atoms with Gasteiger partial charge >= 0.3 is 0 Å². The van der Waals surface area contributed by atoms with E-state index in [1.165, 1.54) is 72.1 Å². The molecule has 1 nitrogen and oxygen atoms in total.